The first-order valence-electron chi connectivity index (χ1n) is 10.7. The van der Waals surface area contributed by atoms with Crippen molar-refractivity contribution in [1.82, 2.24) is 15.8 Å². The minimum atomic E-state index is -4.37. The van der Waals surface area contributed by atoms with E-state index in [0.717, 1.165) is 38.1 Å². The number of benzene rings is 2. The van der Waals surface area contributed by atoms with Crippen molar-refractivity contribution in [2.45, 2.75) is 50.2 Å². The van der Waals surface area contributed by atoms with E-state index in [0.29, 0.717) is 30.0 Å². The summed E-state index contributed by atoms with van der Waals surface area (Å²) in [5.74, 6) is 0.357. The van der Waals surface area contributed by atoms with Crippen LogP contribution in [0.2, 0.25) is 0 Å². The Hall–Kier alpha value is -2.10. The Morgan fingerprint density at radius 1 is 0.812 bits per heavy atom. The van der Waals surface area contributed by atoms with Gasteiger partial charge in [-0.2, -0.15) is 26.3 Å². The summed E-state index contributed by atoms with van der Waals surface area (Å²) in [7, 11) is 0. The molecule has 0 aliphatic carbocycles. The van der Waals surface area contributed by atoms with Crippen LogP contribution >= 0.6 is 0 Å². The topological polar surface area (TPSA) is 27.3 Å². The third kappa shape index (κ3) is 5.44. The summed E-state index contributed by atoms with van der Waals surface area (Å²) in [6.07, 6.45) is -6.25. The van der Waals surface area contributed by atoms with Crippen LogP contribution in [0.25, 0.3) is 0 Å². The number of nitrogens with zero attached hydrogens (tertiary/aromatic N) is 1. The van der Waals surface area contributed by atoms with Gasteiger partial charge < -0.3 is 0 Å². The van der Waals surface area contributed by atoms with Crippen LogP contribution in [0.3, 0.4) is 0 Å². The minimum absolute atomic E-state index is 0.144. The van der Waals surface area contributed by atoms with Gasteiger partial charge >= 0.3 is 12.4 Å². The molecule has 0 aromatic heterocycles. The van der Waals surface area contributed by atoms with Crippen molar-refractivity contribution in [3.05, 3.63) is 70.8 Å². The van der Waals surface area contributed by atoms with Crippen molar-refractivity contribution >= 4 is 0 Å². The molecule has 9 heteroatoms. The number of hydrazine groups is 1. The number of hydrogen-bond acceptors (Lipinski definition) is 3. The Kier molecular flexibility index (Phi) is 6.51. The third-order valence-corrected chi connectivity index (χ3v) is 6.41. The molecule has 2 aliphatic rings. The highest BCUT2D eigenvalue weighted by Crippen LogP contribution is 2.35. The molecule has 2 heterocycles. The zero-order valence-electron chi connectivity index (χ0n) is 17.3. The second kappa shape index (κ2) is 9.03. The summed E-state index contributed by atoms with van der Waals surface area (Å²) in [5.41, 5.74) is 6.35. The maximum atomic E-state index is 13.0. The molecular weight excluding hydrogens is 432 g/mol. The third-order valence-electron chi connectivity index (χ3n) is 6.41. The van der Waals surface area contributed by atoms with Gasteiger partial charge in [0.25, 0.3) is 0 Å². The van der Waals surface area contributed by atoms with Crippen LogP contribution in [-0.2, 0) is 18.9 Å². The van der Waals surface area contributed by atoms with E-state index >= 15 is 0 Å². The molecule has 2 aromatic rings. The van der Waals surface area contributed by atoms with Crippen molar-refractivity contribution in [2.24, 2.45) is 5.92 Å². The average Bonchev–Trinajstić information content (AvgIpc) is 3.24. The molecule has 0 saturated carbocycles. The lowest BCUT2D eigenvalue weighted by molar-refractivity contribution is -0.138. The van der Waals surface area contributed by atoms with Crippen molar-refractivity contribution in [3.63, 3.8) is 0 Å². The maximum absolute atomic E-state index is 13.0. The molecule has 0 radical (unpaired) electrons. The van der Waals surface area contributed by atoms with Crippen LogP contribution in [0.4, 0.5) is 26.3 Å². The zero-order chi connectivity index (χ0) is 22.9. The lowest BCUT2D eigenvalue weighted by Gasteiger charge is -2.34. The highest BCUT2D eigenvalue weighted by Gasteiger charge is 2.35. The summed E-state index contributed by atoms with van der Waals surface area (Å²) in [6, 6.07) is 10.8. The van der Waals surface area contributed by atoms with E-state index in [1.54, 1.807) is 12.1 Å². The molecule has 2 atom stereocenters. The molecule has 0 spiro atoms. The van der Waals surface area contributed by atoms with Gasteiger partial charge in [-0.3, -0.25) is 15.8 Å². The van der Waals surface area contributed by atoms with E-state index in [1.165, 1.54) is 24.3 Å². The second-order valence-electron chi connectivity index (χ2n) is 8.62. The van der Waals surface area contributed by atoms with Gasteiger partial charge in [0, 0.05) is 18.6 Å². The van der Waals surface area contributed by atoms with Crippen molar-refractivity contribution in [3.8, 4) is 0 Å². The molecule has 0 bridgehead atoms. The predicted octanol–water partition coefficient (Wildman–Crippen LogP) is 5.54. The molecule has 2 unspecified atom stereocenters. The molecule has 174 valence electrons. The molecule has 2 aliphatic heterocycles. The summed E-state index contributed by atoms with van der Waals surface area (Å²) in [6.45, 7) is 2.01. The van der Waals surface area contributed by atoms with Crippen LogP contribution in [0.1, 0.15) is 47.6 Å². The number of hydrogen-bond donors (Lipinski definition) is 2. The number of rotatable bonds is 4. The standard InChI is InChI=1S/C23H25F6N3/c24-22(25,26)18-5-1-3-15(11-18)14-32-9-7-16(8-10-32)20-13-21(31-30-20)17-4-2-6-19(12-17)23(27,28)29/h1-6,11-12,16,20-21,30-31H,7-10,13-14H2. The number of alkyl halides is 6. The Morgan fingerprint density at radius 3 is 2.09 bits per heavy atom. The summed E-state index contributed by atoms with van der Waals surface area (Å²) < 4.78 is 77.8. The molecule has 4 rings (SSSR count). The molecule has 32 heavy (non-hydrogen) atoms. The maximum Gasteiger partial charge on any atom is 0.416 e. The summed E-state index contributed by atoms with van der Waals surface area (Å²) >= 11 is 0. The normalized spacial score (nSPS) is 23.6. The van der Waals surface area contributed by atoms with Gasteiger partial charge in [0.1, 0.15) is 0 Å². The highest BCUT2D eigenvalue weighted by molar-refractivity contribution is 5.29. The Balaban J connectivity index is 1.30. The van der Waals surface area contributed by atoms with Gasteiger partial charge in [-0.15, -0.1) is 0 Å². The predicted molar refractivity (Wildman–Crippen MR) is 108 cm³/mol. The fraction of sp³-hybridized carbons (Fsp3) is 0.478. The lowest BCUT2D eigenvalue weighted by atomic mass is 9.86. The Bertz CT molecular complexity index is 918. The number of halogens is 6. The molecule has 3 nitrogen and oxygen atoms in total. The fourth-order valence-electron chi connectivity index (χ4n) is 4.66. The second-order valence-corrected chi connectivity index (χ2v) is 8.62. The van der Waals surface area contributed by atoms with Crippen molar-refractivity contribution in [1.29, 1.82) is 0 Å². The molecule has 2 saturated heterocycles. The van der Waals surface area contributed by atoms with Gasteiger partial charge in [-0.1, -0.05) is 30.3 Å². The zero-order valence-corrected chi connectivity index (χ0v) is 17.3. The van der Waals surface area contributed by atoms with Gasteiger partial charge in [-0.25, -0.2) is 0 Å². The van der Waals surface area contributed by atoms with E-state index in [-0.39, 0.29) is 12.1 Å². The van der Waals surface area contributed by atoms with E-state index in [2.05, 4.69) is 15.8 Å². The Labute approximate surface area is 182 Å². The first-order chi connectivity index (χ1) is 15.1. The summed E-state index contributed by atoms with van der Waals surface area (Å²) in [4.78, 5) is 2.15. The molecule has 2 fully saturated rings. The Morgan fingerprint density at radius 2 is 1.44 bits per heavy atom. The molecular formula is C23H25F6N3. The van der Waals surface area contributed by atoms with Crippen LogP contribution < -0.4 is 10.9 Å². The van der Waals surface area contributed by atoms with Gasteiger partial charge in [-0.05, 0) is 67.6 Å². The van der Waals surface area contributed by atoms with Crippen LogP contribution in [0.5, 0.6) is 0 Å². The van der Waals surface area contributed by atoms with E-state index in [1.807, 2.05) is 0 Å². The SMILES string of the molecule is FC(F)(F)c1cccc(CN2CCC(C3CC(c4cccc(C(F)(F)F)c4)NN3)CC2)c1. The van der Waals surface area contributed by atoms with E-state index in [4.69, 9.17) is 0 Å². The first-order valence-corrected chi connectivity index (χ1v) is 10.7. The molecule has 2 aromatic carbocycles. The largest absolute Gasteiger partial charge is 0.416 e. The van der Waals surface area contributed by atoms with Crippen molar-refractivity contribution in [2.75, 3.05) is 13.1 Å². The molecule has 2 N–H and O–H groups in total. The quantitative estimate of drug-likeness (QED) is 0.590. The number of nitrogens with one attached hydrogen (secondary N) is 2. The summed E-state index contributed by atoms with van der Waals surface area (Å²) in [5, 5.41) is 0. The van der Waals surface area contributed by atoms with Crippen LogP contribution in [-0.4, -0.2) is 24.0 Å². The lowest BCUT2D eigenvalue weighted by Crippen LogP contribution is -2.42. The molecule has 0 amide bonds. The monoisotopic (exact) mass is 457 g/mol. The number of piperidine rings is 1. The first kappa shape index (κ1) is 23.1. The number of likely N-dealkylation sites (tertiary alicyclic amines) is 1. The van der Waals surface area contributed by atoms with Crippen LogP contribution in [0, 0.1) is 5.92 Å². The fourth-order valence-corrected chi connectivity index (χ4v) is 4.66. The van der Waals surface area contributed by atoms with Crippen LogP contribution in [0.15, 0.2) is 48.5 Å². The highest BCUT2D eigenvalue weighted by atomic mass is 19.4. The average molecular weight is 457 g/mol. The van der Waals surface area contributed by atoms with E-state index < -0.39 is 23.5 Å². The smallest absolute Gasteiger partial charge is 0.299 e. The van der Waals surface area contributed by atoms with E-state index in [9.17, 15) is 26.3 Å². The minimum Gasteiger partial charge on any atom is -0.299 e. The van der Waals surface area contributed by atoms with Crippen molar-refractivity contribution < 1.29 is 26.3 Å². The van der Waals surface area contributed by atoms with Gasteiger partial charge in [0.15, 0.2) is 0 Å². The van der Waals surface area contributed by atoms with Gasteiger partial charge in [0.2, 0.25) is 0 Å². The van der Waals surface area contributed by atoms with Gasteiger partial charge in [0.05, 0.1) is 11.1 Å².